The summed E-state index contributed by atoms with van der Waals surface area (Å²) in [6.07, 6.45) is 2.32. The third-order valence-corrected chi connectivity index (χ3v) is 4.78. The number of benzene rings is 1. The zero-order chi connectivity index (χ0) is 18.3. The molecule has 5 nitrogen and oxygen atoms in total. The highest BCUT2D eigenvalue weighted by Gasteiger charge is 2.31. The Balaban J connectivity index is 1.81. The number of carbonyl (C=O) groups excluding carboxylic acids is 1. The normalized spacial score (nSPS) is 16.4. The Kier molecular flexibility index (Phi) is 3.95. The van der Waals surface area contributed by atoms with E-state index in [0.717, 1.165) is 11.1 Å². The van der Waals surface area contributed by atoms with Crippen molar-refractivity contribution in [3.8, 4) is 11.1 Å². The molecule has 0 saturated carbocycles. The number of aryl methyl sites for hydroxylation is 1. The lowest BCUT2D eigenvalue weighted by molar-refractivity contribution is 0.0962. The van der Waals surface area contributed by atoms with Crippen LogP contribution in [0.25, 0.3) is 11.1 Å². The number of aromatic nitrogens is 3. The van der Waals surface area contributed by atoms with Crippen molar-refractivity contribution in [1.82, 2.24) is 15.0 Å². The summed E-state index contributed by atoms with van der Waals surface area (Å²) in [6.45, 7) is 1.77. The highest BCUT2D eigenvalue weighted by molar-refractivity contribution is 6.00. The van der Waals surface area contributed by atoms with Crippen molar-refractivity contribution in [2.75, 3.05) is 5.73 Å². The molecule has 0 bridgehead atoms. The van der Waals surface area contributed by atoms with Crippen LogP contribution in [0.4, 0.5) is 10.3 Å². The molecule has 4 rings (SSSR count). The maximum absolute atomic E-state index is 14.2. The van der Waals surface area contributed by atoms with Crippen LogP contribution in [0.2, 0.25) is 0 Å². The van der Waals surface area contributed by atoms with Gasteiger partial charge in [-0.05, 0) is 42.5 Å². The standard InChI is InChI=1S/C20H17FN4O/c1-11-18-16(25-20(22)24-11)9-12(10-17(18)26)13-5-2-3-6-14(13)15-7-4-8-23-19(15)21/h2-8,12H,9-10H2,1H3,(H2,22,24,25). The van der Waals surface area contributed by atoms with Gasteiger partial charge in [0.15, 0.2) is 5.78 Å². The molecular formula is C20H17FN4O. The highest BCUT2D eigenvalue weighted by Crippen LogP contribution is 2.38. The Bertz CT molecular complexity index is 1020. The van der Waals surface area contributed by atoms with Gasteiger partial charge in [0.25, 0.3) is 0 Å². The number of nitrogen functional groups attached to an aromatic ring is 1. The van der Waals surface area contributed by atoms with Crippen molar-refractivity contribution in [2.45, 2.75) is 25.7 Å². The summed E-state index contributed by atoms with van der Waals surface area (Å²) < 4.78 is 14.2. The molecule has 1 aromatic carbocycles. The van der Waals surface area contributed by atoms with Crippen molar-refractivity contribution in [3.05, 3.63) is 71.1 Å². The molecule has 0 amide bonds. The molecule has 0 saturated heterocycles. The number of fused-ring (bicyclic) bond motifs is 1. The summed E-state index contributed by atoms with van der Waals surface area (Å²) in [5, 5.41) is 0. The topological polar surface area (TPSA) is 81.8 Å². The third-order valence-electron chi connectivity index (χ3n) is 4.78. The molecule has 2 heterocycles. The van der Waals surface area contributed by atoms with Gasteiger partial charge in [-0.2, -0.15) is 4.39 Å². The second kappa shape index (κ2) is 6.29. The SMILES string of the molecule is Cc1nc(N)nc2c1C(=O)CC(c1ccccc1-c1cccnc1F)C2. The number of Topliss-reactive ketones (excluding diaryl/α,β-unsaturated/α-hetero) is 1. The molecule has 0 fully saturated rings. The minimum absolute atomic E-state index is 0.00443. The fourth-order valence-corrected chi connectivity index (χ4v) is 3.70. The van der Waals surface area contributed by atoms with Crippen LogP contribution in [0, 0.1) is 12.9 Å². The quantitative estimate of drug-likeness (QED) is 0.717. The van der Waals surface area contributed by atoms with Crippen molar-refractivity contribution >= 4 is 11.7 Å². The van der Waals surface area contributed by atoms with Gasteiger partial charge in [0.05, 0.1) is 17.0 Å². The van der Waals surface area contributed by atoms with Gasteiger partial charge in [-0.3, -0.25) is 4.79 Å². The second-order valence-electron chi connectivity index (χ2n) is 6.45. The summed E-state index contributed by atoms with van der Waals surface area (Å²) >= 11 is 0. The van der Waals surface area contributed by atoms with E-state index in [2.05, 4.69) is 15.0 Å². The Morgan fingerprint density at radius 2 is 1.85 bits per heavy atom. The maximum Gasteiger partial charge on any atom is 0.220 e. The van der Waals surface area contributed by atoms with E-state index in [1.807, 2.05) is 24.3 Å². The Hall–Kier alpha value is -3.15. The minimum atomic E-state index is -0.523. The summed E-state index contributed by atoms with van der Waals surface area (Å²) in [4.78, 5) is 24.8. The van der Waals surface area contributed by atoms with E-state index in [4.69, 9.17) is 5.73 Å². The van der Waals surface area contributed by atoms with E-state index in [1.165, 1.54) is 6.20 Å². The largest absolute Gasteiger partial charge is 0.368 e. The first-order chi connectivity index (χ1) is 12.5. The number of pyridine rings is 1. The lowest BCUT2D eigenvalue weighted by Gasteiger charge is -2.26. The molecule has 0 radical (unpaired) electrons. The summed E-state index contributed by atoms with van der Waals surface area (Å²) in [6, 6.07) is 10.9. The molecule has 0 spiro atoms. The highest BCUT2D eigenvalue weighted by atomic mass is 19.1. The van der Waals surface area contributed by atoms with E-state index in [0.29, 0.717) is 35.4 Å². The molecule has 1 aliphatic rings. The van der Waals surface area contributed by atoms with E-state index < -0.39 is 5.95 Å². The predicted octanol–water partition coefficient (Wildman–Crippen LogP) is 3.48. The van der Waals surface area contributed by atoms with Crippen molar-refractivity contribution < 1.29 is 9.18 Å². The van der Waals surface area contributed by atoms with Crippen LogP contribution in [0.15, 0.2) is 42.6 Å². The van der Waals surface area contributed by atoms with Gasteiger partial charge in [0.2, 0.25) is 11.9 Å². The van der Waals surface area contributed by atoms with Crippen LogP contribution < -0.4 is 5.73 Å². The van der Waals surface area contributed by atoms with Gasteiger partial charge >= 0.3 is 0 Å². The zero-order valence-corrected chi connectivity index (χ0v) is 14.2. The summed E-state index contributed by atoms with van der Waals surface area (Å²) in [5.41, 5.74) is 9.70. The summed E-state index contributed by atoms with van der Waals surface area (Å²) in [5.74, 6) is -0.457. The number of nitrogens with two attached hydrogens (primary N) is 1. The Labute approximate surface area is 150 Å². The third kappa shape index (κ3) is 2.73. The second-order valence-corrected chi connectivity index (χ2v) is 6.45. The molecule has 26 heavy (non-hydrogen) atoms. The first-order valence-electron chi connectivity index (χ1n) is 8.40. The number of ketones is 1. The van der Waals surface area contributed by atoms with E-state index in [-0.39, 0.29) is 17.6 Å². The van der Waals surface area contributed by atoms with Gasteiger partial charge < -0.3 is 5.73 Å². The number of nitrogens with zero attached hydrogens (tertiary/aromatic N) is 3. The molecule has 6 heteroatoms. The molecule has 2 N–H and O–H groups in total. The number of hydrogen-bond acceptors (Lipinski definition) is 5. The molecular weight excluding hydrogens is 331 g/mol. The van der Waals surface area contributed by atoms with Crippen LogP contribution in [0.5, 0.6) is 0 Å². The lowest BCUT2D eigenvalue weighted by Crippen LogP contribution is -2.23. The average molecular weight is 348 g/mol. The number of carbonyl (C=O) groups is 1. The number of halogens is 1. The monoisotopic (exact) mass is 348 g/mol. The fourth-order valence-electron chi connectivity index (χ4n) is 3.70. The molecule has 1 atom stereocenters. The summed E-state index contributed by atoms with van der Waals surface area (Å²) in [7, 11) is 0. The van der Waals surface area contributed by atoms with E-state index in [9.17, 15) is 9.18 Å². The first-order valence-corrected chi connectivity index (χ1v) is 8.40. The first kappa shape index (κ1) is 16.3. The Morgan fingerprint density at radius 1 is 1.08 bits per heavy atom. The van der Waals surface area contributed by atoms with Crippen molar-refractivity contribution in [3.63, 3.8) is 0 Å². The lowest BCUT2D eigenvalue weighted by atomic mass is 9.79. The van der Waals surface area contributed by atoms with Crippen LogP contribution in [0.1, 0.15) is 39.6 Å². The molecule has 130 valence electrons. The van der Waals surface area contributed by atoms with Crippen LogP contribution in [-0.4, -0.2) is 20.7 Å². The molecule has 1 aliphatic carbocycles. The molecule has 0 aliphatic heterocycles. The van der Waals surface area contributed by atoms with Crippen LogP contribution in [0.3, 0.4) is 0 Å². The van der Waals surface area contributed by atoms with Crippen LogP contribution >= 0.6 is 0 Å². The van der Waals surface area contributed by atoms with Gasteiger partial charge in [-0.25, -0.2) is 15.0 Å². The van der Waals surface area contributed by atoms with Crippen LogP contribution in [-0.2, 0) is 6.42 Å². The Morgan fingerprint density at radius 3 is 2.65 bits per heavy atom. The van der Waals surface area contributed by atoms with Crippen molar-refractivity contribution in [2.24, 2.45) is 0 Å². The fraction of sp³-hybridized carbons (Fsp3) is 0.200. The van der Waals surface area contributed by atoms with E-state index in [1.54, 1.807) is 19.1 Å². The van der Waals surface area contributed by atoms with Gasteiger partial charge in [0.1, 0.15) is 0 Å². The average Bonchev–Trinajstić information content (AvgIpc) is 2.61. The molecule has 1 unspecified atom stereocenters. The van der Waals surface area contributed by atoms with Crippen molar-refractivity contribution in [1.29, 1.82) is 0 Å². The minimum Gasteiger partial charge on any atom is -0.368 e. The number of anilines is 1. The van der Waals surface area contributed by atoms with E-state index >= 15 is 0 Å². The van der Waals surface area contributed by atoms with Gasteiger partial charge in [-0.15, -0.1) is 0 Å². The molecule has 3 aromatic rings. The van der Waals surface area contributed by atoms with Gasteiger partial charge in [-0.1, -0.05) is 24.3 Å². The van der Waals surface area contributed by atoms with Gasteiger partial charge in [0, 0.05) is 18.2 Å². The molecule has 2 aromatic heterocycles. The zero-order valence-electron chi connectivity index (χ0n) is 14.2. The maximum atomic E-state index is 14.2. The number of hydrogen-bond donors (Lipinski definition) is 1. The smallest absolute Gasteiger partial charge is 0.220 e. The number of rotatable bonds is 2. The predicted molar refractivity (Wildman–Crippen MR) is 96.2 cm³/mol.